The summed E-state index contributed by atoms with van der Waals surface area (Å²) in [7, 11) is 1.69. The van der Waals surface area contributed by atoms with Gasteiger partial charge in [-0.05, 0) is 60.3 Å². The molecule has 0 aromatic heterocycles. The molecule has 1 spiro atoms. The van der Waals surface area contributed by atoms with Gasteiger partial charge in [0.1, 0.15) is 5.75 Å². The van der Waals surface area contributed by atoms with E-state index in [0.29, 0.717) is 12.3 Å². The summed E-state index contributed by atoms with van der Waals surface area (Å²) in [5.41, 5.74) is 2.89. The van der Waals surface area contributed by atoms with Gasteiger partial charge in [0.2, 0.25) is 0 Å². The monoisotopic (exact) mass is 260 g/mol. The van der Waals surface area contributed by atoms with Gasteiger partial charge in [0.05, 0.1) is 7.11 Å². The molecule has 0 saturated heterocycles. The van der Waals surface area contributed by atoms with Gasteiger partial charge in [0, 0.05) is 6.42 Å². The summed E-state index contributed by atoms with van der Waals surface area (Å²) >= 11 is 0. The maximum absolute atomic E-state index is 11.1. The highest BCUT2D eigenvalue weighted by atomic mass is 16.5. The number of hydrogen-bond acceptors (Lipinski definition) is 2. The molecule has 1 N–H and O–H groups in total. The predicted molar refractivity (Wildman–Crippen MR) is 72.6 cm³/mol. The van der Waals surface area contributed by atoms with E-state index in [1.807, 2.05) is 6.07 Å². The molecule has 19 heavy (non-hydrogen) atoms. The van der Waals surface area contributed by atoms with Gasteiger partial charge in [-0.1, -0.05) is 12.5 Å². The summed E-state index contributed by atoms with van der Waals surface area (Å²) in [5.74, 6) is 0.554. The molecule has 3 heteroatoms. The molecule has 1 saturated carbocycles. The second kappa shape index (κ2) is 4.55. The van der Waals surface area contributed by atoms with Crippen LogP contribution in [0.3, 0.4) is 0 Å². The van der Waals surface area contributed by atoms with E-state index < -0.39 is 5.97 Å². The van der Waals surface area contributed by atoms with Crippen LogP contribution in [0, 0.1) is 5.92 Å². The summed E-state index contributed by atoms with van der Waals surface area (Å²) in [5, 5.41) is 9.13. The smallest absolute Gasteiger partial charge is 0.303 e. The SMILES string of the molecule is COc1ccc2c(c1)CCC(CC(=O)O)C21CCC1. The second-order valence-corrected chi connectivity index (χ2v) is 5.87. The van der Waals surface area contributed by atoms with E-state index in [1.165, 1.54) is 17.5 Å². The fourth-order valence-corrected chi connectivity index (χ4v) is 3.96. The van der Waals surface area contributed by atoms with Crippen molar-refractivity contribution < 1.29 is 14.6 Å². The first-order valence-corrected chi connectivity index (χ1v) is 7.05. The van der Waals surface area contributed by atoms with Crippen molar-refractivity contribution in [1.29, 1.82) is 0 Å². The van der Waals surface area contributed by atoms with Crippen LogP contribution in [0.25, 0.3) is 0 Å². The Bertz CT molecular complexity index is 503. The van der Waals surface area contributed by atoms with E-state index in [2.05, 4.69) is 12.1 Å². The highest BCUT2D eigenvalue weighted by molar-refractivity contribution is 5.67. The lowest BCUT2D eigenvalue weighted by Gasteiger charge is -2.51. The van der Waals surface area contributed by atoms with Crippen molar-refractivity contribution >= 4 is 5.97 Å². The topological polar surface area (TPSA) is 46.5 Å². The largest absolute Gasteiger partial charge is 0.497 e. The Hall–Kier alpha value is -1.51. The highest BCUT2D eigenvalue weighted by Crippen LogP contribution is 2.55. The summed E-state index contributed by atoms with van der Waals surface area (Å²) in [4.78, 5) is 11.1. The van der Waals surface area contributed by atoms with Crippen LogP contribution in [0.4, 0.5) is 0 Å². The molecule has 102 valence electrons. The van der Waals surface area contributed by atoms with Gasteiger partial charge in [0.25, 0.3) is 0 Å². The number of benzene rings is 1. The minimum absolute atomic E-state index is 0.137. The number of ether oxygens (including phenoxy) is 1. The first-order valence-electron chi connectivity index (χ1n) is 7.05. The Balaban J connectivity index is 1.98. The molecule has 1 fully saturated rings. The van der Waals surface area contributed by atoms with Crippen molar-refractivity contribution in [2.24, 2.45) is 5.92 Å². The molecule has 1 aromatic carbocycles. The first kappa shape index (κ1) is 12.5. The number of rotatable bonds is 3. The van der Waals surface area contributed by atoms with Gasteiger partial charge in [-0.2, -0.15) is 0 Å². The van der Waals surface area contributed by atoms with Crippen LogP contribution in [0.1, 0.15) is 43.2 Å². The number of carboxylic acid groups (broad SMARTS) is 1. The van der Waals surface area contributed by atoms with Crippen molar-refractivity contribution in [3.8, 4) is 5.75 Å². The van der Waals surface area contributed by atoms with Crippen molar-refractivity contribution in [3.63, 3.8) is 0 Å². The van der Waals surface area contributed by atoms with E-state index >= 15 is 0 Å². The molecule has 0 radical (unpaired) electrons. The predicted octanol–water partition coefficient (Wildman–Crippen LogP) is 3.15. The number of carbonyl (C=O) groups is 1. The Morgan fingerprint density at radius 3 is 2.84 bits per heavy atom. The van der Waals surface area contributed by atoms with Gasteiger partial charge in [0.15, 0.2) is 0 Å². The van der Waals surface area contributed by atoms with Crippen LogP contribution in [0.2, 0.25) is 0 Å². The summed E-state index contributed by atoms with van der Waals surface area (Å²) < 4.78 is 5.30. The van der Waals surface area contributed by atoms with Gasteiger partial charge in [-0.25, -0.2) is 0 Å². The number of fused-ring (bicyclic) bond motifs is 2. The third-order valence-electron chi connectivity index (χ3n) is 5.06. The van der Waals surface area contributed by atoms with Crippen LogP contribution in [0.5, 0.6) is 5.75 Å². The van der Waals surface area contributed by atoms with E-state index in [4.69, 9.17) is 9.84 Å². The molecule has 3 nitrogen and oxygen atoms in total. The molecule has 0 heterocycles. The normalized spacial score (nSPS) is 23.5. The molecule has 3 rings (SSSR count). The van der Waals surface area contributed by atoms with Gasteiger partial charge < -0.3 is 9.84 Å². The summed E-state index contributed by atoms with van der Waals surface area (Å²) in [6, 6.07) is 6.32. The third kappa shape index (κ3) is 1.92. The Morgan fingerprint density at radius 2 is 2.26 bits per heavy atom. The Morgan fingerprint density at radius 1 is 1.47 bits per heavy atom. The number of aliphatic carboxylic acids is 1. The quantitative estimate of drug-likeness (QED) is 0.908. The lowest BCUT2D eigenvalue weighted by Crippen LogP contribution is -2.46. The molecule has 0 bridgehead atoms. The average molecular weight is 260 g/mol. The molecule has 1 atom stereocenters. The standard InChI is InChI=1S/C16H20O3/c1-19-13-5-6-14-11(9-13)3-4-12(10-15(17)18)16(14)7-2-8-16/h5-6,9,12H,2-4,7-8,10H2,1H3,(H,17,18). The minimum atomic E-state index is -0.659. The lowest BCUT2D eigenvalue weighted by molar-refractivity contribution is -0.139. The van der Waals surface area contributed by atoms with E-state index in [1.54, 1.807) is 7.11 Å². The summed E-state index contributed by atoms with van der Waals surface area (Å²) in [6.45, 7) is 0. The maximum Gasteiger partial charge on any atom is 0.303 e. The van der Waals surface area contributed by atoms with Crippen LogP contribution < -0.4 is 4.74 Å². The molecule has 2 aliphatic rings. The molecule has 0 amide bonds. The fraction of sp³-hybridized carbons (Fsp3) is 0.562. The second-order valence-electron chi connectivity index (χ2n) is 5.87. The highest BCUT2D eigenvalue weighted by Gasteiger charge is 2.48. The molecule has 2 aliphatic carbocycles. The zero-order valence-electron chi connectivity index (χ0n) is 11.3. The molecule has 1 aromatic rings. The van der Waals surface area contributed by atoms with E-state index in [-0.39, 0.29) is 5.41 Å². The van der Waals surface area contributed by atoms with Crippen LogP contribution in [-0.2, 0) is 16.6 Å². The first-order chi connectivity index (χ1) is 9.15. The zero-order chi connectivity index (χ0) is 13.5. The minimum Gasteiger partial charge on any atom is -0.497 e. The van der Waals surface area contributed by atoms with Crippen LogP contribution in [-0.4, -0.2) is 18.2 Å². The lowest BCUT2D eigenvalue weighted by atomic mass is 9.52. The number of carboxylic acids is 1. The van der Waals surface area contributed by atoms with Crippen molar-refractivity contribution in [3.05, 3.63) is 29.3 Å². The third-order valence-corrected chi connectivity index (χ3v) is 5.06. The Kier molecular flexibility index (Phi) is 3.00. The van der Waals surface area contributed by atoms with Gasteiger partial charge in [-0.15, -0.1) is 0 Å². The van der Waals surface area contributed by atoms with Gasteiger partial charge >= 0.3 is 5.97 Å². The molecular weight excluding hydrogens is 240 g/mol. The average Bonchev–Trinajstić information content (AvgIpc) is 2.35. The summed E-state index contributed by atoms with van der Waals surface area (Å²) in [6.07, 6.45) is 5.79. The number of methoxy groups -OCH3 is 1. The van der Waals surface area contributed by atoms with E-state index in [9.17, 15) is 4.79 Å². The molecule has 0 aliphatic heterocycles. The maximum atomic E-state index is 11.1. The molecular formula is C16H20O3. The molecule has 1 unspecified atom stereocenters. The zero-order valence-corrected chi connectivity index (χ0v) is 11.3. The van der Waals surface area contributed by atoms with Crippen LogP contribution >= 0.6 is 0 Å². The van der Waals surface area contributed by atoms with E-state index in [0.717, 1.165) is 31.4 Å². The van der Waals surface area contributed by atoms with Crippen LogP contribution in [0.15, 0.2) is 18.2 Å². The number of hydrogen-bond donors (Lipinski definition) is 1. The number of aryl methyl sites for hydroxylation is 1. The van der Waals surface area contributed by atoms with Crippen molar-refractivity contribution in [2.75, 3.05) is 7.11 Å². The Labute approximate surface area is 113 Å². The van der Waals surface area contributed by atoms with Crippen molar-refractivity contribution in [1.82, 2.24) is 0 Å². The van der Waals surface area contributed by atoms with Gasteiger partial charge in [-0.3, -0.25) is 4.79 Å². The van der Waals surface area contributed by atoms with Crippen molar-refractivity contribution in [2.45, 2.75) is 43.9 Å². The fourth-order valence-electron chi connectivity index (χ4n) is 3.96.